The lowest BCUT2D eigenvalue weighted by Gasteiger charge is -2.10. The normalized spacial score (nSPS) is 11.1. The van der Waals surface area contributed by atoms with Gasteiger partial charge >= 0.3 is 0 Å². The lowest BCUT2D eigenvalue weighted by molar-refractivity contribution is 0.698. The lowest BCUT2D eigenvalue weighted by Crippen LogP contribution is -2.02. The van der Waals surface area contributed by atoms with Crippen LogP contribution in [0.2, 0.25) is 0 Å². The van der Waals surface area contributed by atoms with E-state index in [1.165, 1.54) is 5.56 Å². The Bertz CT molecular complexity index is 758. The fraction of sp³-hybridized carbons (Fsp3) is 0.250. The molecule has 0 saturated carbocycles. The number of pyridine rings is 1. The number of rotatable bonds is 3. The van der Waals surface area contributed by atoms with Gasteiger partial charge in [0.2, 0.25) is 0 Å². The van der Waals surface area contributed by atoms with E-state index in [2.05, 4.69) is 29.5 Å². The SMILES string of the molecule is CCCn1c(-c2cc(C)ccc2N)nc2cccnc21. The first-order valence-electron chi connectivity index (χ1n) is 6.88. The number of imidazole rings is 1. The van der Waals surface area contributed by atoms with Crippen LogP contribution in [0.3, 0.4) is 0 Å². The molecule has 2 aromatic heterocycles. The molecule has 3 rings (SSSR count). The number of hydrogen-bond donors (Lipinski definition) is 1. The maximum Gasteiger partial charge on any atom is 0.160 e. The molecule has 2 heterocycles. The maximum absolute atomic E-state index is 6.13. The maximum atomic E-state index is 6.13. The van der Waals surface area contributed by atoms with E-state index in [0.717, 1.165) is 41.2 Å². The van der Waals surface area contributed by atoms with Gasteiger partial charge in [-0.15, -0.1) is 0 Å². The molecule has 0 aliphatic rings. The number of benzene rings is 1. The van der Waals surface area contributed by atoms with E-state index in [4.69, 9.17) is 10.7 Å². The standard InChI is InChI=1S/C16H18N4/c1-3-9-20-15(12-10-11(2)6-7-13(12)17)19-14-5-4-8-18-16(14)20/h4-8,10H,3,9,17H2,1-2H3. The first-order chi connectivity index (χ1) is 9.70. The molecule has 0 atom stereocenters. The number of hydrogen-bond acceptors (Lipinski definition) is 3. The number of aromatic nitrogens is 3. The molecule has 1 aromatic carbocycles. The van der Waals surface area contributed by atoms with Crippen LogP contribution in [0.1, 0.15) is 18.9 Å². The molecule has 0 bridgehead atoms. The van der Waals surface area contributed by atoms with E-state index in [0.29, 0.717) is 0 Å². The minimum atomic E-state index is 0.753. The Morgan fingerprint density at radius 2 is 2.10 bits per heavy atom. The Labute approximate surface area is 118 Å². The number of aryl methyl sites for hydroxylation is 2. The predicted octanol–water partition coefficient (Wildman–Crippen LogP) is 3.40. The van der Waals surface area contributed by atoms with Gasteiger partial charge in [-0.2, -0.15) is 0 Å². The molecule has 102 valence electrons. The largest absolute Gasteiger partial charge is 0.398 e. The van der Waals surface area contributed by atoms with Crippen LogP contribution in [0.15, 0.2) is 36.5 Å². The van der Waals surface area contributed by atoms with Gasteiger partial charge in [0, 0.05) is 24.0 Å². The summed E-state index contributed by atoms with van der Waals surface area (Å²) >= 11 is 0. The van der Waals surface area contributed by atoms with Crippen molar-refractivity contribution in [2.24, 2.45) is 0 Å². The second-order valence-corrected chi connectivity index (χ2v) is 5.02. The van der Waals surface area contributed by atoms with Crippen molar-refractivity contribution in [3.8, 4) is 11.4 Å². The van der Waals surface area contributed by atoms with Gasteiger partial charge in [-0.1, -0.05) is 18.6 Å². The summed E-state index contributed by atoms with van der Waals surface area (Å²) in [6, 6.07) is 9.94. The average Bonchev–Trinajstić information content (AvgIpc) is 2.81. The highest BCUT2D eigenvalue weighted by Crippen LogP contribution is 2.29. The molecule has 2 N–H and O–H groups in total. The van der Waals surface area contributed by atoms with Crippen LogP contribution in [0.5, 0.6) is 0 Å². The fourth-order valence-corrected chi connectivity index (χ4v) is 2.46. The molecule has 0 aliphatic heterocycles. The van der Waals surface area contributed by atoms with E-state index < -0.39 is 0 Å². The Morgan fingerprint density at radius 3 is 2.90 bits per heavy atom. The summed E-state index contributed by atoms with van der Waals surface area (Å²) in [6.07, 6.45) is 2.83. The Morgan fingerprint density at radius 1 is 1.25 bits per heavy atom. The summed E-state index contributed by atoms with van der Waals surface area (Å²) < 4.78 is 2.15. The number of fused-ring (bicyclic) bond motifs is 1. The van der Waals surface area contributed by atoms with Gasteiger partial charge in [-0.25, -0.2) is 9.97 Å². The van der Waals surface area contributed by atoms with Crippen molar-refractivity contribution in [3.63, 3.8) is 0 Å². The number of anilines is 1. The Hall–Kier alpha value is -2.36. The van der Waals surface area contributed by atoms with Crippen molar-refractivity contribution >= 4 is 16.9 Å². The minimum absolute atomic E-state index is 0.753. The van der Waals surface area contributed by atoms with Gasteiger partial charge in [-0.3, -0.25) is 0 Å². The predicted molar refractivity (Wildman–Crippen MR) is 82.4 cm³/mol. The summed E-state index contributed by atoms with van der Waals surface area (Å²) in [4.78, 5) is 9.18. The second kappa shape index (κ2) is 4.96. The van der Waals surface area contributed by atoms with Crippen LogP contribution in [-0.4, -0.2) is 14.5 Å². The van der Waals surface area contributed by atoms with Crippen molar-refractivity contribution < 1.29 is 0 Å². The molecule has 0 radical (unpaired) electrons. The molecular weight excluding hydrogens is 248 g/mol. The van der Waals surface area contributed by atoms with Crippen LogP contribution < -0.4 is 5.73 Å². The highest BCUT2D eigenvalue weighted by atomic mass is 15.1. The first kappa shape index (κ1) is 12.7. The van der Waals surface area contributed by atoms with Gasteiger partial charge in [0.15, 0.2) is 5.65 Å². The molecule has 4 heteroatoms. The summed E-state index contributed by atoms with van der Waals surface area (Å²) in [5.41, 5.74) is 10.9. The van der Waals surface area contributed by atoms with E-state index in [9.17, 15) is 0 Å². The van der Waals surface area contributed by atoms with E-state index in [1.807, 2.05) is 24.3 Å². The number of nitrogen functional groups attached to an aromatic ring is 1. The third-order valence-electron chi connectivity index (χ3n) is 3.40. The van der Waals surface area contributed by atoms with Crippen LogP contribution in [0.25, 0.3) is 22.6 Å². The molecule has 0 aliphatic carbocycles. The summed E-state index contributed by atoms with van der Waals surface area (Å²) in [5, 5.41) is 0. The molecular formula is C16H18N4. The smallest absolute Gasteiger partial charge is 0.160 e. The molecule has 0 saturated heterocycles. The first-order valence-corrected chi connectivity index (χ1v) is 6.88. The zero-order valence-corrected chi connectivity index (χ0v) is 11.8. The molecule has 0 fully saturated rings. The van der Waals surface area contributed by atoms with Gasteiger partial charge in [0.25, 0.3) is 0 Å². The third kappa shape index (κ3) is 2.03. The highest BCUT2D eigenvalue weighted by Gasteiger charge is 2.14. The van der Waals surface area contributed by atoms with E-state index >= 15 is 0 Å². The van der Waals surface area contributed by atoms with Crippen molar-refractivity contribution in [1.82, 2.24) is 14.5 Å². The highest BCUT2D eigenvalue weighted by molar-refractivity contribution is 5.81. The van der Waals surface area contributed by atoms with Gasteiger partial charge in [0.1, 0.15) is 11.3 Å². The van der Waals surface area contributed by atoms with Crippen LogP contribution >= 0.6 is 0 Å². The molecule has 3 aromatic rings. The number of nitrogens with two attached hydrogens (primary N) is 1. The summed E-state index contributed by atoms with van der Waals surface area (Å²) in [6.45, 7) is 5.10. The van der Waals surface area contributed by atoms with Crippen molar-refractivity contribution in [2.45, 2.75) is 26.8 Å². The van der Waals surface area contributed by atoms with Crippen molar-refractivity contribution in [1.29, 1.82) is 0 Å². The third-order valence-corrected chi connectivity index (χ3v) is 3.40. The molecule has 4 nitrogen and oxygen atoms in total. The quantitative estimate of drug-likeness (QED) is 0.739. The molecule has 0 unspecified atom stereocenters. The van der Waals surface area contributed by atoms with Gasteiger partial charge in [0.05, 0.1) is 0 Å². The zero-order chi connectivity index (χ0) is 14.1. The Balaban J connectivity index is 2.29. The van der Waals surface area contributed by atoms with Crippen LogP contribution in [-0.2, 0) is 6.54 Å². The molecule has 0 spiro atoms. The van der Waals surface area contributed by atoms with Crippen LogP contribution in [0.4, 0.5) is 5.69 Å². The van der Waals surface area contributed by atoms with Crippen molar-refractivity contribution in [3.05, 3.63) is 42.1 Å². The monoisotopic (exact) mass is 266 g/mol. The van der Waals surface area contributed by atoms with Gasteiger partial charge < -0.3 is 10.3 Å². The minimum Gasteiger partial charge on any atom is -0.398 e. The summed E-state index contributed by atoms with van der Waals surface area (Å²) in [7, 11) is 0. The molecule has 20 heavy (non-hydrogen) atoms. The topological polar surface area (TPSA) is 56.7 Å². The lowest BCUT2D eigenvalue weighted by atomic mass is 10.1. The van der Waals surface area contributed by atoms with Gasteiger partial charge in [-0.05, 0) is 37.6 Å². The van der Waals surface area contributed by atoms with E-state index in [1.54, 1.807) is 6.20 Å². The van der Waals surface area contributed by atoms with Crippen LogP contribution in [0, 0.1) is 6.92 Å². The Kier molecular flexibility index (Phi) is 3.14. The fourth-order valence-electron chi connectivity index (χ4n) is 2.46. The average molecular weight is 266 g/mol. The molecule has 0 amide bonds. The van der Waals surface area contributed by atoms with Crippen molar-refractivity contribution in [2.75, 3.05) is 5.73 Å². The second-order valence-electron chi connectivity index (χ2n) is 5.02. The van der Waals surface area contributed by atoms with E-state index in [-0.39, 0.29) is 0 Å². The zero-order valence-electron chi connectivity index (χ0n) is 11.8. The number of nitrogens with zero attached hydrogens (tertiary/aromatic N) is 3. The summed E-state index contributed by atoms with van der Waals surface area (Å²) in [5.74, 6) is 0.904.